The summed E-state index contributed by atoms with van der Waals surface area (Å²) in [6.45, 7) is 8.14. The lowest BCUT2D eigenvalue weighted by atomic mass is 9.83. The number of hydrogen-bond donors (Lipinski definition) is 1. The molecule has 3 atom stereocenters. The average Bonchev–Trinajstić information content (AvgIpc) is 3.81. The molecule has 1 saturated carbocycles. The number of carbonyl (C=O) groups is 4. The Balaban J connectivity index is 1.41. The SMILES string of the molecule is C[C@@H](C(=O)N[C@H](C(=O)N1CCC[C@H]1c1nc(C(=O)c2cccc(OCCCCCCCCBr)c2)cs1)C1CCCCC1)N(C)C(=O)OC(C)(C)C. The summed E-state index contributed by atoms with van der Waals surface area (Å²) >= 11 is 4.87. The third-order valence-corrected chi connectivity index (χ3v) is 11.3. The van der Waals surface area contributed by atoms with E-state index in [2.05, 4.69) is 21.2 Å². The Morgan fingerprint density at radius 1 is 1.02 bits per heavy atom. The second-order valence-electron chi connectivity index (χ2n) is 14.9. The lowest BCUT2D eigenvalue weighted by molar-refractivity contribution is -0.140. The number of rotatable bonds is 17. The molecular formula is C39H57BrN4O6S. The van der Waals surface area contributed by atoms with Crippen molar-refractivity contribution in [2.75, 3.05) is 25.5 Å². The van der Waals surface area contributed by atoms with Gasteiger partial charge < -0.3 is 19.7 Å². The number of amides is 3. The number of nitrogens with zero attached hydrogens (tertiary/aromatic N) is 3. The molecule has 2 aliphatic rings. The molecule has 51 heavy (non-hydrogen) atoms. The summed E-state index contributed by atoms with van der Waals surface area (Å²) in [4.78, 5) is 62.0. The lowest BCUT2D eigenvalue weighted by Crippen LogP contribution is -2.56. The van der Waals surface area contributed by atoms with Gasteiger partial charge in [0.15, 0.2) is 0 Å². The zero-order valence-electron chi connectivity index (χ0n) is 31.1. The Labute approximate surface area is 316 Å². The van der Waals surface area contributed by atoms with Crippen LogP contribution in [0.4, 0.5) is 4.79 Å². The molecule has 2 fully saturated rings. The number of benzene rings is 1. The van der Waals surface area contributed by atoms with Crippen molar-refractivity contribution < 1.29 is 28.7 Å². The van der Waals surface area contributed by atoms with Gasteiger partial charge in [0.05, 0.1) is 12.6 Å². The molecule has 1 aromatic carbocycles. The van der Waals surface area contributed by atoms with Crippen LogP contribution in [-0.2, 0) is 14.3 Å². The number of nitrogens with one attached hydrogen (secondary N) is 1. The molecular weight excluding hydrogens is 732 g/mol. The largest absolute Gasteiger partial charge is 0.494 e. The van der Waals surface area contributed by atoms with E-state index in [1.54, 1.807) is 45.2 Å². The van der Waals surface area contributed by atoms with E-state index < -0.39 is 29.7 Å². The molecule has 1 N–H and O–H groups in total. The van der Waals surface area contributed by atoms with Crippen molar-refractivity contribution in [3.63, 3.8) is 0 Å². The van der Waals surface area contributed by atoms with Gasteiger partial charge >= 0.3 is 6.09 Å². The van der Waals surface area contributed by atoms with Gasteiger partial charge in [-0.1, -0.05) is 73.0 Å². The molecule has 1 aliphatic heterocycles. The monoisotopic (exact) mass is 788 g/mol. The summed E-state index contributed by atoms with van der Waals surface area (Å²) in [7, 11) is 1.53. The maximum Gasteiger partial charge on any atom is 0.410 e. The molecule has 2 aromatic rings. The van der Waals surface area contributed by atoms with Crippen LogP contribution in [0.3, 0.4) is 0 Å². The Morgan fingerprint density at radius 2 is 1.73 bits per heavy atom. The minimum Gasteiger partial charge on any atom is -0.494 e. The van der Waals surface area contributed by atoms with Crippen LogP contribution in [0.1, 0.15) is 138 Å². The van der Waals surface area contributed by atoms with Crippen LogP contribution in [-0.4, -0.2) is 81.7 Å². The first-order valence-corrected chi connectivity index (χ1v) is 20.8. The smallest absolute Gasteiger partial charge is 0.410 e. The van der Waals surface area contributed by atoms with Crippen LogP contribution in [0.15, 0.2) is 29.6 Å². The summed E-state index contributed by atoms with van der Waals surface area (Å²) in [5, 5.41) is 6.61. The summed E-state index contributed by atoms with van der Waals surface area (Å²) in [5.74, 6) is -0.0249. The standard InChI is InChI=1S/C39H57BrN4O6S/c1-27(43(5)38(48)50-39(2,3)4)35(46)42-33(28-17-11-10-12-18-28)37(47)44-23-16-21-32(44)36-41-31(26-51-36)34(45)29-19-15-20-30(25-29)49-24-14-9-7-6-8-13-22-40/h15,19-20,25-28,32-33H,6-14,16-18,21-24H2,1-5H3,(H,42,46)/t27-,32-,33-/m0/s1. The second-order valence-corrected chi connectivity index (χ2v) is 16.6. The first-order valence-electron chi connectivity index (χ1n) is 18.7. The first-order chi connectivity index (χ1) is 24.4. The van der Waals surface area contributed by atoms with Crippen LogP contribution < -0.4 is 10.1 Å². The number of aromatic nitrogens is 1. The number of alkyl halides is 1. The lowest BCUT2D eigenvalue weighted by Gasteiger charge is -2.36. The summed E-state index contributed by atoms with van der Waals surface area (Å²) in [5.41, 5.74) is 0.173. The predicted molar refractivity (Wildman–Crippen MR) is 205 cm³/mol. The Morgan fingerprint density at radius 3 is 2.43 bits per heavy atom. The number of likely N-dealkylation sites (tertiary alicyclic amines) is 1. The van der Waals surface area contributed by atoms with Crippen LogP contribution >= 0.6 is 27.3 Å². The second kappa shape index (κ2) is 19.7. The van der Waals surface area contributed by atoms with Gasteiger partial charge in [0.1, 0.15) is 34.1 Å². The van der Waals surface area contributed by atoms with Crippen LogP contribution in [0.5, 0.6) is 5.75 Å². The molecule has 12 heteroatoms. The van der Waals surface area contributed by atoms with Gasteiger partial charge in [-0.15, -0.1) is 11.3 Å². The van der Waals surface area contributed by atoms with E-state index in [4.69, 9.17) is 14.5 Å². The van der Waals surface area contributed by atoms with Crippen molar-refractivity contribution in [1.29, 1.82) is 0 Å². The van der Waals surface area contributed by atoms with E-state index >= 15 is 0 Å². The third-order valence-electron chi connectivity index (χ3n) is 9.80. The van der Waals surface area contributed by atoms with Gasteiger partial charge in [-0.2, -0.15) is 0 Å². The number of hydrogen-bond acceptors (Lipinski definition) is 8. The summed E-state index contributed by atoms with van der Waals surface area (Å²) in [6, 6.07) is 5.45. The molecule has 0 unspecified atom stereocenters. The van der Waals surface area contributed by atoms with Crippen molar-refractivity contribution in [2.45, 2.75) is 135 Å². The van der Waals surface area contributed by atoms with E-state index in [0.717, 1.165) is 68.1 Å². The highest BCUT2D eigenvalue weighted by Gasteiger charge is 2.41. The fourth-order valence-electron chi connectivity index (χ4n) is 6.77. The quantitative estimate of drug-likeness (QED) is 0.0971. The highest BCUT2D eigenvalue weighted by Crippen LogP contribution is 2.37. The number of likely N-dealkylation sites (N-methyl/N-ethyl adjacent to an activating group) is 1. The van der Waals surface area contributed by atoms with Gasteiger partial charge in [0.25, 0.3) is 0 Å². The third kappa shape index (κ3) is 12.0. The van der Waals surface area contributed by atoms with Crippen molar-refractivity contribution in [2.24, 2.45) is 5.92 Å². The minimum absolute atomic E-state index is 0.00235. The van der Waals surface area contributed by atoms with Crippen molar-refractivity contribution in [3.05, 3.63) is 45.9 Å². The molecule has 10 nitrogen and oxygen atoms in total. The van der Waals surface area contributed by atoms with E-state index in [1.165, 1.54) is 49.0 Å². The zero-order chi connectivity index (χ0) is 37.0. The van der Waals surface area contributed by atoms with Gasteiger partial charge in [-0.05, 0) is 84.3 Å². The minimum atomic E-state index is -0.830. The molecule has 0 spiro atoms. The number of halogens is 1. The predicted octanol–water partition coefficient (Wildman–Crippen LogP) is 8.47. The first kappa shape index (κ1) is 40.8. The van der Waals surface area contributed by atoms with Crippen LogP contribution in [0.25, 0.3) is 0 Å². The molecule has 3 amide bonds. The highest BCUT2D eigenvalue weighted by atomic mass is 79.9. The molecule has 0 bridgehead atoms. The number of ether oxygens (including phenoxy) is 2. The Bertz CT molecular complexity index is 1460. The van der Waals surface area contributed by atoms with E-state index in [9.17, 15) is 19.2 Å². The van der Waals surface area contributed by atoms with Gasteiger partial charge in [-0.25, -0.2) is 9.78 Å². The van der Waals surface area contributed by atoms with E-state index in [1.807, 2.05) is 17.0 Å². The van der Waals surface area contributed by atoms with E-state index in [-0.39, 0.29) is 23.7 Å². The fourth-order valence-corrected chi connectivity index (χ4v) is 8.11. The molecule has 4 rings (SSSR count). The van der Waals surface area contributed by atoms with Crippen LogP contribution in [0, 0.1) is 5.92 Å². The summed E-state index contributed by atoms with van der Waals surface area (Å²) < 4.78 is 11.4. The number of unbranched alkanes of at least 4 members (excludes halogenated alkanes) is 5. The molecule has 1 aliphatic carbocycles. The van der Waals surface area contributed by atoms with E-state index in [0.29, 0.717) is 30.2 Å². The Kier molecular flexibility index (Phi) is 15.8. The maximum absolute atomic E-state index is 14.4. The van der Waals surface area contributed by atoms with Crippen molar-refractivity contribution in [1.82, 2.24) is 20.1 Å². The fraction of sp³-hybridized carbons (Fsp3) is 0.667. The van der Waals surface area contributed by atoms with Gasteiger partial charge in [0, 0.05) is 29.9 Å². The number of thiazole rings is 1. The zero-order valence-corrected chi connectivity index (χ0v) is 33.5. The van der Waals surface area contributed by atoms with Crippen molar-refractivity contribution >= 4 is 51.0 Å². The number of carbonyl (C=O) groups excluding carboxylic acids is 4. The molecule has 2 heterocycles. The Hall–Kier alpha value is -2.99. The molecule has 282 valence electrons. The molecule has 0 radical (unpaired) electrons. The van der Waals surface area contributed by atoms with Crippen molar-refractivity contribution in [3.8, 4) is 5.75 Å². The van der Waals surface area contributed by atoms with Gasteiger partial charge in [-0.3, -0.25) is 19.3 Å². The molecule has 1 saturated heterocycles. The maximum atomic E-state index is 14.4. The topological polar surface area (TPSA) is 118 Å². The number of ketones is 1. The summed E-state index contributed by atoms with van der Waals surface area (Å²) in [6.07, 6.45) is 12.8. The van der Waals surface area contributed by atoms with Crippen LogP contribution in [0.2, 0.25) is 0 Å². The average molecular weight is 790 g/mol. The molecule has 1 aromatic heterocycles. The van der Waals surface area contributed by atoms with Gasteiger partial charge in [0.2, 0.25) is 17.6 Å². The highest BCUT2D eigenvalue weighted by molar-refractivity contribution is 9.09. The normalized spacial score (nSPS) is 17.8.